The fourth-order valence-corrected chi connectivity index (χ4v) is 2.04. The fraction of sp³-hybridized carbons (Fsp3) is 0.429. The van der Waals surface area contributed by atoms with E-state index in [1.54, 1.807) is 18.2 Å². The third-order valence-corrected chi connectivity index (χ3v) is 3.78. The molecule has 0 aliphatic carbocycles. The summed E-state index contributed by atoms with van der Waals surface area (Å²) in [5, 5.41) is 7.94. The molecule has 0 aliphatic rings. The van der Waals surface area contributed by atoms with E-state index < -0.39 is 0 Å². The fourth-order valence-electron chi connectivity index (χ4n) is 1.69. The van der Waals surface area contributed by atoms with Crippen molar-refractivity contribution in [2.75, 3.05) is 13.7 Å². The number of hydrogen-bond acceptors (Lipinski definition) is 5. The highest BCUT2D eigenvalue weighted by molar-refractivity contribution is 6.42. The quantitative estimate of drug-likeness (QED) is 0.845. The van der Waals surface area contributed by atoms with E-state index in [4.69, 9.17) is 32.5 Å². The monoisotopic (exact) mass is 329 g/mol. The molecule has 7 heteroatoms. The topological polar surface area (TPSA) is 60.2 Å². The van der Waals surface area contributed by atoms with Gasteiger partial charge in [-0.2, -0.15) is 4.98 Å². The zero-order valence-electron chi connectivity index (χ0n) is 11.9. The Morgan fingerprint density at radius 3 is 2.95 bits per heavy atom. The molecule has 0 fully saturated rings. The lowest BCUT2D eigenvalue weighted by Crippen LogP contribution is -2.24. The molecule has 1 unspecified atom stereocenters. The van der Waals surface area contributed by atoms with Crippen molar-refractivity contribution in [3.63, 3.8) is 0 Å². The summed E-state index contributed by atoms with van der Waals surface area (Å²) < 4.78 is 10.8. The molecule has 0 bridgehead atoms. The van der Waals surface area contributed by atoms with Crippen LogP contribution in [0.15, 0.2) is 22.7 Å². The van der Waals surface area contributed by atoms with Gasteiger partial charge in [0.05, 0.1) is 18.1 Å². The standard InChI is InChI=1S/C14H17Cl2N3O2/c1-9(17-2)8-12-18-13(21-19-12)6-7-20-11-5-3-4-10(15)14(11)16/h3-5,9,17H,6-8H2,1-2H3. The van der Waals surface area contributed by atoms with Crippen LogP contribution >= 0.6 is 23.2 Å². The van der Waals surface area contributed by atoms with Crippen LogP contribution in [-0.4, -0.2) is 29.8 Å². The second kappa shape index (κ2) is 7.64. The van der Waals surface area contributed by atoms with Crippen LogP contribution in [0.3, 0.4) is 0 Å². The van der Waals surface area contributed by atoms with Crippen molar-refractivity contribution in [3.8, 4) is 5.75 Å². The maximum Gasteiger partial charge on any atom is 0.230 e. The van der Waals surface area contributed by atoms with Gasteiger partial charge in [0.25, 0.3) is 0 Å². The van der Waals surface area contributed by atoms with E-state index in [2.05, 4.69) is 22.4 Å². The molecular formula is C14H17Cl2N3O2. The van der Waals surface area contributed by atoms with Gasteiger partial charge in [-0.3, -0.25) is 0 Å². The van der Waals surface area contributed by atoms with Gasteiger partial charge in [0.1, 0.15) is 10.8 Å². The maximum absolute atomic E-state index is 6.04. The lowest BCUT2D eigenvalue weighted by Gasteiger charge is -2.07. The Balaban J connectivity index is 1.85. The SMILES string of the molecule is CNC(C)Cc1noc(CCOc2cccc(Cl)c2Cl)n1. The van der Waals surface area contributed by atoms with Crippen LogP contribution in [0.4, 0.5) is 0 Å². The van der Waals surface area contributed by atoms with Gasteiger partial charge in [0.15, 0.2) is 5.82 Å². The number of rotatable bonds is 7. The lowest BCUT2D eigenvalue weighted by atomic mass is 10.2. The maximum atomic E-state index is 6.04. The molecule has 1 heterocycles. The van der Waals surface area contributed by atoms with Crippen LogP contribution in [-0.2, 0) is 12.8 Å². The van der Waals surface area contributed by atoms with Crippen LogP contribution in [0, 0.1) is 0 Å². The number of benzene rings is 1. The largest absolute Gasteiger partial charge is 0.491 e. The van der Waals surface area contributed by atoms with Gasteiger partial charge < -0.3 is 14.6 Å². The van der Waals surface area contributed by atoms with Gasteiger partial charge in [0.2, 0.25) is 5.89 Å². The normalized spacial score (nSPS) is 12.4. The average Bonchev–Trinajstić information content (AvgIpc) is 2.91. The molecule has 2 rings (SSSR count). The van der Waals surface area contributed by atoms with Crippen molar-refractivity contribution in [2.24, 2.45) is 0 Å². The molecule has 21 heavy (non-hydrogen) atoms. The van der Waals surface area contributed by atoms with Crippen LogP contribution < -0.4 is 10.1 Å². The first kappa shape index (κ1) is 16.1. The van der Waals surface area contributed by atoms with Gasteiger partial charge in [-0.15, -0.1) is 0 Å². The Labute approximate surface area is 133 Å². The molecule has 0 spiro atoms. The minimum absolute atomic E-state index is 0.303. The molecule has 0 radical (unpaired) electrons. The number of aromatic nitrogens is 2. The number of nitrogens with one attached hydrogen (secondary N) is 1. The summed E-state index contributed by atoms with van der Waals surface area (Å²) in [7, 11) is 1.90. The number of ether oxygens (including phenoxy) is 1. The Morgan fingerprint density at radius 1 is 1.38 bits per heavy atom. The van der Waals surface area contributed by atoms with Gasteiger partial charge in [-0.25, -0.2) is 0 Å². The Morgan fingerprint density at radius 2 is 2.19 bits per heavy atom. The van der Waals surface area contributed by atoms with Gasteiger partial charge in [0, 0.05) is 12.5 Å². The van der Waals surface area contributed by atoms with Crippen molar-refractivity contribution >= 4 is 23.2 Å². The van der Waals surface area contributed by atoms with E-state index in [0.717, 1.165) is 6.42 Å². The average molecular weight is 330 g/mol. The molecule has 5 nitrogen and oxygen atoms in total. The molecule has 1 aromatic heterocycles. The minimum atomic E-state index is 0.303. The van der Waals surface area contributed by atoms with E-state index in [9.17, 15) is 0 Å². The number of hydrogen-bond donors (Lipinski definition) is 1. The molecule has 2 aromatic rings. The second-order valence-electron chi connectivity index (χ2n) is 4.65. The van der Waals surface area contributed by atoms with E-state index >= 15 is 0 Å². The summed E-state index contributed by atoms with van der Waals surface area (Å²) in [6.07, 6.45) is 1.24. The summed E-state index contributed by atoms with van der Waals surface area (Å²) in [6.45, 7) is 2.45. The van der Waals surface area contributed by atoms with Crippen molar-refractivity contribution < 1.29 is 9.26 Å². The highest BCUT2D eigenvalue weighted by Gasteiger charge is 2.10. The molecule has 114 valence electrons. The van der Waals surface area contributed by atoms with Crippen molar-refractivity contribution in [3.05, 3.63) is 40.0 Å². The smallest absolute Gasteiger partial charge is 0.230 e. The highest BCUT2D eigenvalue weighted by atomic mass is 35.5. The molecule has 1 atom stereocenters. The molecular weight excluding hydrogens is 313 g/mol. The first-order valence-electron chi connectivity index (χ1n) is 6.65. The molecule has 0 amide bonds. The van der Waals surface area contributed by atoms with Gasteiger partial charge >= 0.3 is 0 Å². The number of nitrogens with zero attached hydrogens (tertiary/aromatic N) is 2. The third kappa shape index (κ3) is 4.59. The zero-order valence-corrected chi connectivity index (χ0v) is 13.4. The predicted octanol–water partition coefficient (Wildman–Crippen LogP) is 3.15. The molecule has 0 aliphatic heterocycles. The zero-order chi connectivity index (χ0) is 15.2. The molecule has 0 saturated carbocycles. The van der Waals surface area contributed by atoms with Crippen molar-refractivity contribution in [1.82, 2.24) is 15.5 Å². The van der Waals surface area contributed by atoms with E-state index in [1.165, 1.54) is 0 Å². The third-order valence-electron chi connectivity index (χ3n) is 2.98. The van der Waals surface area contributed by atoms with Crippen LogP contribution in [0.5, 0.6) is 5.75 Å². The lowest BCUT2D eigenvalue weighted by molar-refractivity contribution is 0.292. The van der Waals surface area contributed by atoms with Crippen molar-refractivity contribution in [2.45, 2.75) is 25.8 Å². The minimum Gasteiger partial charge on any atom is -0.491 e. The summed E-state index contributed by atoms with van der Waals surface area (Å²) in [5.41, 5.74) is 0. The first-order valence-corrected chi connectivity index (χ1v) is 7.41. The second-order valence-corrected chi connectivity index (χ2v) is 5.43. The Hall–Kier alpha value is -1.30. The van der Waals surface area contributed by atoms with Crippen LogP contribution in [0.1, 0.15) is 18.6 Å². The van der Waals surface area contributed by atoms with Crippen LogP contribution in [0.25, 0.3) is 0 Å². The summed E-state index contributed by atoms with van der Waals surface area (Å²) in [5.74, 6) is 1.78. The van der Waals surface area contributed by atoms with E-state index in [1.807, 2.05) is 7.05 Å². The number of likely N-dealkylation sites (N-methyl/N-ethyl adjacent to an activating group) is 1. The van der Waals surface area contributed by atoms with E-state index in [-0.39, 0.29) is 0 Å². The molecule has 0 saturated heterocycles. The van der Waals surface area contributed by atoms with Crippen molar-refractivity contribution in [1.29, 1.82) is 0 Å². The summed E-state index contributed by atoms with van der Waals surface area (Å²) in [4.78, 5) is 4.31. The summed E-state index contributed by atoms with van der Waals surface area (Å²) >= 11 is 12.0. The Kier molecular flexibility index (Phi) is 5.85. The highest BCUT2D eigenvalue weighted by Crippen LogP contribution is 2.31. The molecule has 1 aromatic carbocycles. The van der Waals surface area contributed by atoms with Gasteiger partial charge in [-0.05, 0) is 26.1 Å². The predicted molar refractivity (Wildman–Crippen MR) is 82.2 cm³/mol. The Bertz CT molecular complexity index is 589. The molecule has 1 N–H and O–H groups in total. The summed E-state index contributed by atoms with van der Waals surface area (Å²) in [6, 6.07) is 5.57. The van der Waals surface area contributed by atoms with Crippen LogP contribution in [0.2, 0.25) is 10.0 Å². The van der Waals surface area contributed by atoms with Gasteiger partial charge in [-0.1, -0.05) is 34.4 Å². The first-order chi connectivity index (χ1) is 10.1. The number of halogens is 2. The van der Waals surface area contributed by atoms with E-state index in [0.29, 0.717) is 46.6 Å².